The Bertz CT molecular complexity index is 1890. The van der Waals surface area contributed by atoms with E-state index >= 15 is 8.78 Å². The minimum atomic E-state index is -0.926. The number of halogens is 3. The monoisotopic (exact) mass is 649 g/mol. The van der Waals surface area contributed by atoms with Crippen molar-refractivity contribution < 1.29 is 32.5 Å². The fraction of sp³-hybridized carbons (Fsp3) is 0.514. The highest BCUT2D eigenvalue weighted by Gasteiger charge is 2.49. The Morgan fingerprint density at radius 3 is 2.66 bits per heavy atom. The third-order valence-corrected chi connectivity index (χ3v) is 11.0. The van der Waals surface area contributed by atoms with Crippen molar-refractivity contribution in [3.8, 4) is 28.9 Å². The Morgan fingerprint density at radius 2 is 1.85 bits per heavy atom. The number of aryl methyl sites for hydroxylation is 1. The van der Waals surface area contributed by atoms with Crippen molar-refractivity contribution in [1.82, 2.24) is 19.9 Å². The van der Waals surface area contributed by atoms with E-state index in [-0.39, 0.29) is 46.6 Å². The van der Waals surface area contributed by atoms with Crippen LogP contribution in [0.2, 0.25) is 0 Å². The third-order valence-electron chi connectivity index (χ3n) is 11.0. The Morgan fingerprint density at radius 1 is 1.04 bits per heavy atom. The van der Waals surface area contributed by atoms with Gasteiger partial charge in [0.2, 0.25) is 5.88 Å². The molecule has 2 aromatic carbocycles. The summed E-state index contributed by atoms with van der Waals surface area (Å²) >= 11 is 0. The first-order valence-corrected chi connectivity index (χ1v) is 16.5. The second-order valence-electron chi connectivity index (χ2n) is 13.5. The molecule has 4 aliphatic heterocycles. The molecule has 8 rings (SSSR count). The number of phenolic OH excluding ortho intramolecular Hbond substituents is 1. The van der Waals surface area contributed by atoms with Crippen molar-refractivity contribution in [3.05, 3.63) is 41.5 Å². The van der Waals surface area contributed by atoms with Crippen LogP contribution in [0.5, 0.6) is 17.6 Å². The van der Waals surface area contributed by atoms with Crippen molar-refractivity contribution in [3.63, 3.8) is 0 Å². The minimum absolute atomic E-state index is 0.0197. The number of rotatable bonds is 5. The highest BCUT2D eigenvalue weighted by molar-refractivity contribution is 6.03. The van der Waals surface area contributed by atoms with Gasteiger partial charge in [0.15, 0.2) is 5.82 Å². The van der Waals surface area contributed by atoms with E-state index in [0.717, 1.165) is 32.2 Å². The maximum atomic E-state index is 17.1. The molecule has 0 unspecified atom stereocenters. The normalized spacial score (nSPS) is 24.0. The van der Waals surface area contributed by atoms with Crippen molar-refractivity contribution in [2.45, 2.75) is 69.1 Å². The summed E-state index contributed by atoms with van der Waals surface area (Å²) in [6.45, 7) is 4.65. The van der Waals surface area contributed by atoms with Gasteiger partial charge >= 0.3 is 6.01 Å². The highest BCUT2D eigenvalue weighted by Crippen LogP contribution is 2.46. The van der Waals surface area contributed by atoms with Gasteiger partial charge in [-0.15, -0.1) is 0 Å². The molecule has 1 N–H and O–H groups in total. The van der Waals surface area contributed by atoms with Gasteiger partial charge in [-0.05, 0) is 73.2 Å². The number of pyridine rings is 1. The van der Waals surface area contributed by atoms with E-state index in [2.05, 4.69) is 14.8 Å². The second kappa shape index (κ2) is 11.4. The summed E-state index contributed by atoms with van der Waals surface area (Å²) in [6, 6.07) is 5.82. The lowest BCUT2D eigenvalue weighted by atomic mass is 9.84. The third kappa shape index (κ3) is 4.85. The number of hydrogen-bond donors (Lipinski definition) is 1. The zero-order valence-electron chi connectivity index (χ0n) is 26.6. The van der Waals surface area contributed by atoms with Crippen LogP contribution in [0.1, 0.15) is 51.0 Å². The van der Waals surface area contributed by atoms with Gasteiger partial charge in [0.05, 0.1) is 12.1 Å². The quantitative estimate of drug-likeness (QED) is 0.275. The minimum Gasteiger partial charge on any atom is -0.508 e. The topological polar surface area (TPSA) is 93.1 Å². The molecule has 248 valence electrons. The SMILES string of the molecule is CCc1c(F)ccc2cc(O)cc(-c3nc4c5c(nc(OC[C@@]67CCCN6C[C@H](F)C7)nc5c3F)N(C)C3(CCOCC3)CCO4)c12. The van der Waals surface area contributed by atoms with Gasteiger partial charge in [0.1, 0.15) is 46.8 Å². The van der Waals surface area contributed by atoms with Crippen molar-refractivity contribution in [1.29, 1.82) is 0 Å². The van der Waals surface area contributed by atoms with Crippen LogP contribution in [-0.2, 0) is 11.2 Å². The second-order valence-corrected chi connectivity index (χ2v) is 13.5. The molecule has 9 nitrogen and oxygen atoms in total. The van der Waals surface area contributed by atoms with Gasteiger partial charge in [0.25, 0.3) is 0 Å². The fourth-order valence-corrected chi connectivity index (χ4v) is 8.44. The number of aromatic hydroxyl groups is 1. The average molecular weight is 650 g/mol. The molecule has 2 aromatic heterocycles. The first kappa shape index (κ1) is 30.4. The molecule has 0 bridgehead atoms. The lowest BCUT2D eigenvalue weighted by Gasteiger charge is -2.46. The molecule has 0 saturated carbocycles. The van der Waals surface area contributed by atoms with Crippen LogP contribution in [0.3, 0.4) is 0 Å². The van der Waals surface area contributed by atoms with Crippen molar-refractivity contribution in [2.75, 3.05) is 51.5 Å². The molecule has 1 spiro atoms. The van der Waals surface area contributed by atoms with Gasteiger partial charge < -0.3 is 24.2 Å². The Kier molecular flexibility index (Phi) is 7.36. The largest absolute Gasteiger partial charge is 0.508 e. The van der Waals surface area contributed by atoms with E-state index in [1.807, 2.05) is 14.0 Å². The summed E-state index contributed by atoms with van der Waals surface area (Å²) in [6.07, 6.45) is 3.66. The Labute approximate surface area is 270 Å². The maximum Gasteiger partial charge on any atom is 0.319 e. The molecule has 4 aliphatic rings. The molecular formula is C35H38F3N5O4. The molecule has 3 fully saturated rings. The molecule has 0 amide bonds. The average Bonchev–Trinajstić information content (AvgIpc) is 3.59. The standard InChI is InChI=1S/C35H38F3N5O4/c1-3-23-25(37)6-5-20-15-22(44)16-24(26(20)23)29-28(38)30-27-31(42(2)34(8-12-45-13-9-34)10-14-46-32(27)39-29)41-33(40-30)47-19-35-7-4-11-43(35)18-21(36)17-35/h5-6,15-16,21,44H,3-4,7-14,17-19H2,1-2H3/t21-,35+/m1/s1. The zero-order chi connectivity index (χ0) is 32.5. The predicted molar refractivity (Wildman–Crippen MR) is 171 cm³/mol. The van der Waals surface area contributed by atoms with E-state index in [1.165, 1.54) is 18.2 Å². The molecule has 2 atom stereocenters. The van der Waals surface area contributed by atoms with Crippen LogP contribution < -0.4 is 14.4 Å². The number of ether oxygens (including phenoxy) is 3. The van der Waals surface area contributed by atoms with E-state index in [1.54, 1.807) is 6.07 Å². The van der Waals surface area contributed by atoms with E-state index < -0.39 is 23.3 Å². The van der Waals surface area contributed by atoms with Gasteiger partial charge in [-0.3, -0.25) is 4.90 Å². The van der Waals surface area contributed by atoms with Crippen molar-refractivity contribution in [2.24, 2.45) is 0 Å². The number of fused-ring (bicyclic) bond motifs is 2. The van der Waals surface area contributed by atoms with Gasteiger partial charge in [-0.25, -0.2) is 18.2 Å². The smallest absolute Gasteiger partial charge is 0.319 e. The summed E-state index contributed by atoms with van der Waals surface area (Å²) in [4.78, 5) is 18.4. The van der Waals surface area contributed by atoms with E-state index in [4.69, 9.17) is 24.2 Å². The van der Waals surface area contributed by atoms with Gasteiger partial charge in [-0.1, -0.05) is 13.0 Å². The molecule has 12 heteroatoms. The number of benzene rings is 2. The Balaban J connectivity index is 1.34. The van der Waals surface area contributed by atoms with Crippen LogP contribution in [0, 0.1) is 11.6 Å². The van der Waals surface area contributed by atoms with Crippen LogP contribution >= 0.6 is 0 Å². The summed E-state index contributed by atoms with van der Waals surface area (Å²) < 4.78 is 65.1. The van der Waals surface area contributed by atoms with Gasteiger partial charge in [0, 0.05) is 50.8 Å². The number of anilines is 1. The zero-order valence-corrected chi connectivity index (χ0v) is 26.6. The molecule has 0 radical (unpaired) electrons. The number of aromatic nitrogens is 3. The number of nitrogens with zero attached hydrogens (tertiary/aromatic N) is 5. The van der Waals surface area contributed by atoms with Gasteiger partial charge in [-0.2, -0.15) is 9.97 Å². The first-order valence-electron chi connectivity index (χ1n) is 16.5. The molecular weight excluding hydrogens is 611 g/mol. The van der Waals surface area contributed by atoms with Crippen LogP contribution in [0.15, 0.2) is 24.3 Å². The molecule has 3 saturated heterocycles. The highest BCUT2D eigenvalue weighted by atomic mass is 19.1. The van der Waals surface area contributed by atoms with Crippen LogP contribution in [0.25, 0.3) is 32.9 Å². The first-order chi connectivity index (χ1) is 22.7. The number of alkyl halides is 1. The summed E-state index contributed by atoms with van der Waals surface area (Å²) in [5, 5.41) is 12.0. The van der Waals surface area contributed by atoms with E-state index in [0.29, 0.717) is 73.2 Å². The molecule has 0 aliphatic carbocycles. The molecule has 4 aromatic rings. The van der Waals surface area contributed by atoms with Crippen molar-refractivity contribution >= 4 is 27.5 Å². The molecule has 6 heterocycles. The summed E-state index contributed by atoms with van der Waals surface area (Å²) in [5.74, 6) is -0.724. The summed E-state index contributed by atoms with van der Waals surface area (Å²) in [7, 11) is 1.94. The molecule has 47 heavy (non-hydrogen) atoms. The lowest BCUT2D eigenvalue weighted by molar-refractivity contribution is 0.0421. The van der Waals surface area contributed by atoms with E-state index in [9.17, 15) is 9.50 Å². The fourth-order valence-electron chi connectivity index (χ4n) is 8.44. The number of phenols is 1. The predicted octanol–water partition coefficient (Wildman–Crippen LogP) is 6.11. The maximum absolute atomic E-state index is 17.1. The van der Waals surface area contributed by atoms with Crippen LogP contribution in [0.4, 0.5) is 19.0 Å². The number of hydrogen-bond acceptors (Lipinski definition) is 9. The Hall–Kier alpha value is -3.90. The van der Waals surface area contributed by atoms with Crippen LogP contribution in [-0.4, -0.2) is 88.8 Å². The summed E-state index contributed by atoms with van der Waals surface area (Å²) in [5.41, 5.74) is -0.359. The lowest BCUT2D eigenvalue weighted by Crippen LogP contribution is -2.52.